The van der Waals surface area contributed by atoms with E-state index in [-0.39, 0.29) is 0 Å². The number of aromatic nitrogens is 4. The maximum atomic E-state index is 11.0. The molecular weight excluding hydrogens is 438 g/mol. The second-order valence-electron chi connectivity index (χ2n) is 8.30. The van der Waals surface area contributed by atoms with Gasteiger partial charge in [-0.15, -0.1) is 0 Å². The van der Waals surface area contributed by atoms with Crippen LogP contribution in [0.5, 0.6) is 11.6 Å². The molecule has 5 aromatic rings. The molecule has 3 N–H and O–H groups in total. The van der Waals surface area contributed by atoms with Crippen LogP contribution >= 0.6 is 11.6 Å². The molecule has 1 saturated carbocycles. The lowest BCUT2D eigenvalue weighted by molar-refractivity contribution is -0.103. The van der Waals surface area contributed by atoms with E-state index in [9.17, 15) is 5.11 Å². The van der Waals surface area contributed by atoms with Crippen molar-refractivity contribution in [1.82, 2.24) is 19.5 Å². The Labute approximate surface area is 194 Å². The summed E-state index contributed by atoms with van der Waals surface area (Å²) in [4.78, 5) is 13.3. The largest absolute Gasteiger partial charge is 0.439 e. The molecule has 3 aromatic heterocycles. The minimum absolute atomic E-state index is 0.335. The van der Waals surface area contributed by atoms with Crippen LogP contribution < -0.4 is 10.5 Å². The number of para-hydroxylation sites is 1. The number of aliphatic hydroxyl groups is 1. The van der Waals surface area contributed by atoms with Gasteiger partial charge in [-0.3, -0.25) is 0 Å². The second-order valence-corrected chi connectivity index (χ2v) is 8.70. The number of fused-ring (bicyclic) bond motifs is 2. The molecule has 8 heteroatoms. The van der Waals surface area contributed by atoms with Gasteiger partial charge >= 0.3 is 0 Å². The van der Waals surface area contributed by atoms with Gasteiger partial charge in [-0.25, -0.2) is 15.0 Å². The van der Waals surface area contributed by atoms with Gasteiger partial charge in [-0.05, 0) is 49.6 Å². The number of nitrogens with zero attached hydrogens (tertiary/aromatic N) is 4. The normalized spacial score (nSPS) is 15.0. The Balaban J connectivity index is 1.51. The smallest absolute Gasteiger partial charge is 0.219 e. The maximum Gasteiger partial charge on any atom is 0.219 e. The van der Waals surface area contributed by atoms with Crippen LogP contribution in [0.3, 0.4) is 0 Å². The van der Waals surface area contributed by atoms with Crippen LogP contribution in [-0.2, 0) is 5.72 Å². The molecule has 0 aliphatic heterocycles. The van der Waals surface area contributed by atoms with Crippen LogP contribution in [0, 0.1) is 0 Å². The zero-order valence-electron chi connectivity index (χ0n) is 17.6. The summed E-state index contributed by atoms with van der Waals surface area (Å²) in [5, 5.41) is 13.1. The van der Waals surface area contributed by atoms with Crippen LogP contribution in [0.4, 0.5) is 5.82 Å². The van der Waals surface area contributed by atoms with Gasteiger partial charge in [0.1, 0.15) is 29.3 Å². The number of rotatable bonds is 4. The molecule has 1 aliphatic rings. The third kappa shape index (κ3) is 3.28. The predicted molar refractivity (Wildman–Crippen MR) is 128 cm³/mol. The van der Waals surface area contributed by atoms with Crippen molar-refractivity contribution < 1.29 is 9.84 Å². The molecule has 0 saturated heterocycles. The zero-order valence-corrected chi connectivity index (χ0v) is 18.3. The number of nitrogens with two attached hydrogens (primary N) is 1. The summed E-state index contributed by atoms with van der Waals surface area (Å²) in [6.07, 6.45) is 5.56. The number of hydrogen-bond acceptors (Lipinski definition) is 6. The first kappa shape index (κ1) is 20.0. The van der Waals surface area contributed by atoms with Gasteiger partial charge in [0.25, 0.3) is 0 Å². The number of benzene rings is 2. The molecule has 164 valence electrons. The zero-order chi connectivity index (χ0) is 22.6. The van der Waals surface area contributed by atoms with Crippen molar-refractivity contribution in [2.75, 3.05) is 5.73 Å². The van der Waals surface area contributed by atoms with Crippen LogP contribution in [0.15, 0.2) is 67.1 Å². The average Bonchev–Trinajstić information content (AvgIpc) is 3.19. The molecule has 0 spiro atoms. The van der Waals surface area contributed by atoms with Gasteiger partial charge in [0.05, 0.1) is 10.9 Å². The Morgan fingerprint density at radius 3 is 2.61 bits per heavy atom. The number of hydrogen-bond donors (Lipinski definition) is 2. The van der Waals surface area contributed by atoms with E-state index in [0.29, 0.717) is 46.3 Å². The van der Waals surface area contributed by atoms with Crippen molar-refractivity contribution in [1.29, 1.82) is 0 Å². The molecule has 6 rings (SSSR count). The van der Waals surface area contributed by atoms with Crippen molar-refractivity contribution in [2.45, 2.75) is 25.0 Å². The minimum atomic E-state index is -0.977. The Kier molecular flexibility index (Phi) is 4.50. The highest BCUT2D eigenvalue weighted by molar-refractivity contribution is 6.34. The highest BCUT2D eigenvalue weighted by atomic mass is 35.5. The molecule has 7 nitrogen and oxygen atoms in total. The molecule has 0 radical (unpaired) electrons. The van der Waals surface area contributed by atoms with E-state index in [0.717, 1.165) is 28.5 Å². The van der Waals surface area contributed by atoms with E-state index in [1.807, 2.05) is 60.8 Å². The number of ether oxygens (including phenoxy) is 1. The van der Waals surface area contributed by atoms with Crippen molar-refractivity contribution in [2.24, 2.45) is 0 Å². The molecule has 3 heterocycles. The van der Waals surface area contributed by atoms with E-state index in [4.69, 9.17) is 22.1 Å². The van der Waals surface area contributed by atoms with Crippen LogP contribution in [0.1, 0.15) is 19.3 Å². The van der Waals surface area contributed by atoms with E-state index in [2.05, 4.69) is 15.0 Å². The van der Waals surface area contributed by atoms with Crippen LogP contribution in [0.25, 0.3) is 33.1 Å². The third-order valence-corrected chi connectivity index (χ3v) is 6.54. The fraction of sp³-hybridized carbons (Fsp3) is 0.160. The molecular formula is C25H20ClN5O2. The molecule has 0 amide bonds. The van der Waals surface area contributed by atoms with Crippen molar-refractivity contribution >= 4 is 39.4 Å². The highest BCUT2D eigenvalue weighted by Crippen LogP contribution is 2.44. The van der Waals surface area contributed by atoms with Gasteiger partial charge in [0.2, 0.25) is 5.88 Å². The van der Waals surface area contributed by atoms with Gasteiger partial charge in [0.15, 0.2) is 0 Å². The van der Waals surface area contributed by atoms with Gasteiger partial charge in [-0.1, -0.05) is 29.8 Å². The summed E-state index contributed by atoms with van der Waals surface area (Å²) in [5.41, 5.74) is 8.09. The molecule has 33 heavy (non-hydrogen) atoms. The highest BCUT2D eigenvalue weighted by Gasteiger charge is 2.38. The number of anilines is 1. The van der Waals surface area contributed by atoms with E-state index < -0.39 is 5.72 Å². The predicted octanol–water partition coefficient (Wildman–Crippen LogP) is 5.50. The number of halogens is 1. The summed E-state index contributed by atoms with van der Waals surface area (Å²) in [6.45, 7) is 0. The van der Waals surface area contributed by atoms with E-state index in [1.165, 1.54) is 6.33 Å². The molecule has 0 atom stereocenters. The third-order valence-electron chi connectivity index (χ3n) is 6.22. The van der Waals surface area contributed by atoms with Crippen LogP contribution in [0.2, 0.25) is 5.02 Å². The first-order chi connectivity index (χ1) is 16.0. The molecule has 1 aliphatic carbocycles. The SMILES string of the molecule is Nc1ncnc2c1c(-c1cc3nc(Oc4ccccc4)ccc3cc1Cl)cn2C1(O)CCC1. The average molecular weight is 458 g/mol. The summed E-state index contributed by atoms with van der Waals surface area (Å²) < 4.78 is 7.70. The number of pyridine rings is 1. The number of nitrogen functional groups attached to an aromatic ring is 1. The van der Waals surface area contributed by atoms with Crippen LogP contribution in [-0.4, -0.2) is 24.6 Å². The summed E-state index contributed by atoms with van der Waals surface area (Å²) >= 11 is 6.72. The Morgan fingerprint density at radius 2 is 1.85 bits per heavy atom. The molecule has 2 aromatic carbocycles. The fourth-order valence-corrected chi connectivity index (χ4v) is 4.61. The van der Waals surface area contributed by atoms with E-state index in [1.54, 1.807) is 4.57 Å². The van der Waals surface area contributed by atoms with Gasteiger partial charge < -0.3 is 20.1 Å². The topological polar surface area (TPSA) is 99.1 Å². The Morgan fingerprint density at radius 1 is 1.03 bits per heavy atom. The van der Waals surface area contributed by atoms with E-state index >= 15 is 0 Å². The molecule has 0 unspecified atom stereocenters. The summed E-state index contributed by atoms with van der Waals surface area (Å²) in [6, 6.07) is 17.0. The summed E-state index contributed by atoms with van der Waals surface area (Å²) in [5.74, 6) is 1.53. The van der Waals surface area contributed by atoms with Crippen molar-refractivity contribution in [3.05, 3.63) is 72.1 Å². The second kappa shape index (κ2) is 7.43. The lowest BCUT2D eigenvalue weighted by Gasteiger charge is -2.38. The van der Waals surface area contributed by atoms with Crippen molar-refractivity contribution in [3.8, 4) is 22.8 Å². The Bertz CT molecular complexity index is 1510. The Hall–Kier alpha value is -3.68. The lowest BCUT2D eigenvalue weighted by atomic mass is 9.88. The lowest BCUT2D eigenvalue weighted by Crippen LogP contribution is -2.39. The maximum absolute atomic E-state index is 11.0. The quantitative estimate of drug-likeness (QED) is 0.369. The molecule has 1 fully saturated rings. The molecule has 0 bridgehead atoms. The van der Waals surface area contributed by atoms with Gasteiger partial charge in [-0.2, -0.15) is 0 Å². The monoisotopic (exact) mass is 457 g/mol. The van der Waals surface area contributed by atoms with Crippen molar-refractivity contribution in [3.63, 3.8) is 0 Å². The minimum Gasteiger partial charge on any atom is -0.439 e. The first-order valence-corrected chi connectivity index (χ1v) is 11.1. The standard InChI is InChI=1S/C25H20ClN5O2/c26-19-11-15-7-8-21(33-16-5-2-1-3-6-16)30-20(15)12-17(19)18-13-31(25(32)9-4-10-25)24-22(18)23(27)28-14-29-24/h1-3,5-8,11-14,32H,4,9-10H2,(H2,27,28,29). The fourth-order valence-electron chi connectivity index (χ4n) is 4.34. The summed E-state index contributed by atoms with van der Waals surface area (Å²) in [7, 11) is 0. The van der Waals surface area contributed by atoms with Gasteiger partial charge in [0, 0.05) is 33.8 Å². The first-order valence-electron chi connectivity index (χ1n) is 10.7.